The van der Waals surface area contributed by atoms with Crippen LogP contribution in [0.15, 0.2) is 73.1 Å². The molecule has 1 aromatic heterocycles. The number of allylic oxidation sites excluding steroid dienone is 2. The molecule has 1 N–H and O–H groups in total. The highest BCUT2D eigenvalue weighted by molar-refractivity contribution is 5.94. The van der Waals surface area contributed by atoms with E-state index in [1.807, 2.05) is 59.5 Å². The first-order valence-corrected chi connectivity index (χ1v) is 11.1. The lowest BCUT2D eigenvalue weighted by Crippen LogP contribution is -2.38. The zero-order valence-electron chi connectivity index (χ0n) is 18.0. The van der Waals surface area contributed by atoms with Crippen LogP contribution in [0.4, 0.5) is 0 Å². The number of pyridine rings is 1. The van der Waals surface area contributed by atoms with Crippen LogP contribution >= 0.6 is 0 Å². The Morgan fingerprint density at radius 3 is 2.58 bits per heavy atom. The lowest BCUT2D eigenvalue weighted by atomic mass is 9.91. The first-order valence-electron chi connectivity index (χ1n) is 11.1. The number of carbonyl (C=O) groups is 2. The third-order valence-corrected chi connectivity index (χ3v) is 5.59. The van der Waals surface area contributed by atoms with Crippen molar-refractivity contribution in [1.82, 2.24) is 15.2 Å². The Bertz CT molecular complexity index is 870. The highest BCUT2D eigenvalue weighted by Gasteiger charge is 2.23. The van der Waals surface area contributed by atoms with Gasteiger partial charge < -0.3 is 10.2 Å². The minimum absolute atomic E-state index is 0.0661. The molecule has 5 nitrogen and oxygen atoms in total. The van der Waals surface area contributed by atoms with Gasteiger partial charge >= 0.3 is 0 Å². The molecule has 1 fully saturated rings. The maximum absolute atomic E-state index is 12.5. The van der Waals surface area contributed by atoms with E-state index in [9.17, 15) is 9.59 Å². The van der Waals surface area contributed by atoms with Gasteiger partial charge in [-0.05, 0) is 48.9 Å². The monoisotopic (exact) mass is 417 g/mol. The van der Waals surface area contributed by atoms with Gasteiger partial charge in [0.15, 0.2) is 0 Å². The minimum Gasteiger partial charge on any atom is -0.353 e. The van der Waals surface area contributed by atoms with E-state index in [0.717, 1.165) is 56.3 Å². The van der Waals surface area contributed by atoms with E-state index < -0.39 is 0 Å². The van der Waals surface area contributed by atoms with E-state index in [4.69, 9.17) is 0 Å². The fourth-order valence-electron chi connectivity index (χ4n) is 3.80. The summed E-state index contributed by atoms with van der Waals surface area (Å²) in [4.78, 5) is 30.4. The first-order chi connectivity index (χ1) is 15.2. The Hall–Kier alpha value is -3.21. The molecule has 1 saturated heterocycles. The van der Waals surface area contributed by atoms with Crippen LogP contribution in [0.5, 0.6) is 0 Å². The van der Waals surface area contributed by atoms with Gasteiger partial charge in [0.1, 0.15) is 0 Å². The molecule has 1 aliphatic heterocycles. The number of benzene rings is 1. The van der Waals surface area contributed by atoms with Crippen LogP contribution in [0.2, 0.25) is 0 Å². The van der Waals surface area contributed by atoms with E-state index in [1.54, 1.807) is 24.5 Å². The van der Waals surface area contributed by atoms with Crippen LogP contribution in [0, 0.1) is 5.92 Å². The Morgan fingerprint density at radius 2 is 1.84 bits per heavy atom. The number of hydrogen-bond acceptors (Lipinski definition) is 3. The number of carbonyl (C=O) groups excluding carboxylic acids is 2. The number of aromatic nitrogens is 1. The Kier molecular flexibility index (Phi) is 9.05. The zero-order chi connectivity index (χ0) is 21.7. The predicted octanol–water partition coefficient (Wildman–Crippen LogP) is 4.49. The predicted molar refractivity (Wildman–Crippen MR) is 124 cm³/mol. The fraction of sp³-hybridized carbons (Fsp3) is 0.346. The number of unbranched alkanes of at least 4 members (excludes halogenated alkanes) is 1. The highest BCUT2D eigenvalue weighted by Crippen LogP contribution is 2.23. The van der Waals surface area contributed by atoms with Gasteiger partial charge in [0, 0.05) is 43.7 Å². The summed E-state index contributed by atoms with van der Waals surface area (Å²) in [6, 6.07) is 13.4. The molecule has 0 aliphatic carbocycles. The fourth-order valence-corrected chi connectivity index (χ4v) is 3.80. The molecule has 0 saturated carbocycles. The Morgan fingerprint density at radius 1 is 1.03 bits per heavy atom. The van der Waals surface area contributed by atoms with Gasteiger partial charge in [-0.3, -0.25) is 14.6 Å². The van der Waals surface area contributed by atoms with Gasteiger partial charge in [-0.25, -0.2) is 0 Å². The number of likely N-dealkylation sites (tertiary alicyclic amines) is 1. The largest absolute Gasteiger partial charge is 0.353 e. The van der Waals surface area contributed by atoms with E-state index in [2.05, 4.69) is 10.3 Å². The third kappa shape index (κ3) is 7.85. The number of nitrogens with zero attached hydrogens (tertiary/aromatic N) is 2. The summed E-state index contributed by atoms with van der Waals surface area (Å²) in [7, 11) is 0. The second kappa shape index (κ2) is 12.5. The maximum atomic E-state index is 12.5. The SMILES string of the molecule is O=C(/C=C/C=C/c1cccnc1)NCCCCC1CCN(C(=O)c2ccccc2)CC1. The second-order valence-corrected chi connectivity index (χ2v) is 7.89. The maximum Gasteiger partial charge on any atom is 0.253 e. The van der Waals surface area contributed by atoms with Crippen molar-refractivity contribution in [2.75, 3.05) is 19.6 Å². The first kappa shape index (κ1) is 22.5. The molecule has 1 aliphatic rings. The summed E-state index contributed by atoms with van der Waals surface area (Å²) >= 11 is 0. The van der Waals surface area contributed by atoms with Crippen molar-refractivity contribution in [2.45, 2.75) is 32.1 Å². The van der Waals surface area contributed by atoms with Gasteiger partial charge in [-0.1, -0.05) is 55.3 Å². The normalized spacial score (nSPS) is 14.9. The Labute approximate surface area is 184 Å². The number of hydrogen-bond donors (Lipinski definition) is 1. The molecule has 3 rings (SSSR count). The van der Waals surface area contributed by atoms with Crippen LogP contribution < -0.4 is 5.32 Å². The molecule has 1 aromatic carbocycles. The van der Waals surface area contributed by atoms with E-state index in [1.165, 1.54) is 0 Å². The molecule has 2 heterocycles. The minimum atomic E-state index is -0.0661. The second-order valence-electron chi connectivity index (χ2n) is 7.89. The number of amides is 2. The van der Waals surface area contributed by atoms with Crippen LogP contribution in [-0.2, 0) is 4.79 Å². The number of piperidine rings is 1. The molecule has 0 unspecified atom stereocenters. The average molecular weight is 418 g/mol. The standard InChI is InChI=1S/C26H31N3O2/c30-25(14-5-4-10-23-11-8-17-27-21-23)28-18-7-6-9-22-15-19-29(20-16-22)26(31)24-12-2-1-3-13-24/h1-5,8,10-14,17,21-22H,6-7,9,15-16,18-20H2,(H,28,30)/b10-4+,14-5+. The molecule has 0 spiro atoms. The van der Waals surface area contributed by atoms with Crippen molar-refractivity contribution in [1.29, 1.82) is 0 Å². The van der Waals surface area contributed by atoms with Crippen molar-refractivity contribution >= 4 is 17.9 Å². The van der Waals surface area contributed by atoms with E-state index in [-0.39, 0.29) is 11.8 Å². The van der Waals surface area contributed by atoms with Crippen molar-refractivity contribution in [3.63, 3.8) is 0 Å². The molecule has 5 heteroatoms. The smallest absolute Gasteiger partial charge is 0.253 e. The average Bonchev–Trinajstić information content (AvgIpc) is 2.83. The molecule has 2 aromatic rings. The molecule has 162 valence electrons. The van der Waals surface area contributed by atoms with Crippen molar-refractivity contribution in [3.8, 4) is 0 Å². The summed E-state index contributed by atoms with van der Waals surface area (Å²) in [6.45, 7) is 2.37. The molecule has 2 amide bonds. The zero-order valence-corrected chi connectivity index (χ0v) is 18.0. The van der Waals surface area contributed by atoms with Crippen molar-refractivity contribution in [3.05, 3.63) is 84.2 Å². The summed E-state index contributed by atoms with van der Waals surface area (Å²) in [5.41, 5.74) is 1.78. The highest BCUT2D eigenvalue weighted by atomic mass is 16.2. The molecular formula is C26H31N3O2. The summed E-state index contributed by atoms with van der Waals surface area (Å²) in [5.74, 6) is 0.752. The topological polar surface area (TPSA) is 62.3 Å². The van der Waals surface area contributed by atoms with Crippen LogP contribution in [0.3, 0.4) is 0 Å². The van der Waals surface area contributed by atoms with Crippen LogP contribution in [-0.4, -0.2) is 41.3 Å². The lowest BCUT2D eigenvalue weighted by Gasteiger charge is -2.32. The van der Waals surface area contributed by atoms with Gasteiger partial charge in [0.05, 0.1) is 0 Å². The van der Waals surface area contributed by atoms with Gasteiger partial charge in [0.2, 0.25) is 5.91 Å². The Balaban J connectivity index is 1.24. The summed E-state index contributed by atoms with van der Waals surface area (Å²) in [5, 5.41) is 2.93. The van der Waals surface area contributed by atoms with Crippen molar-refractivity contribution in [2.24, 2.45) is 5.92 Å². The van der Waals surface area contributed by atoms with E-state index in [0.29, 0.717) is 12.5 Å². The molecule has 0 bridgehead atoms. The summed E-state index contributed by atoms with van der Waals surface area (Å²) < 4.78 is 0. The van der Waals surface area contributed by atoms with Gasteiger partial charge in [0.25, 0.3) is 5.91 Å². The third-order valence-electron chi connectivity index (χ3n) is 5.59. The lowest BCUT2D eigenvalue weighted by molar-refractivity contribution is -0.116. The van der Waals surface area contributed by atoms with Gasteiger partial charge in [-0.15, -0.1) is 0 Å². The molecule has 0 atom stereocenters. The molecular weight excluding hydrogens is 386 g/mol. The van der Waals surface area contributed by atoms with E-state index >= 15 is 0 Å². The quantitative estimate of drug-likeness (QED) is 0.371. The summed E-state index contributed by atoms with van der Waals surface area (Å²) in [6.07, 6.45) is 15.9. The number of rotatable bonds is 9. The van der Waals surface area contributed by atoms with Gasteiger partial charge in [-0.2, -0.15) is 0 Å². The molecule has 0 radical (unpaired) electrons. The van der Waals surface area contributed by atoms with Crippen molar-refractivity contribution < 1.29 is 9.59 Å². The van der Waals surface area contributed by atoms with Crippen LogP contribution in [0.25, 0.3) is 6.08 Å². The van der Waals surface area contributed by atoms with Crippen LogP contribution in [0.1, 0.15) is 48.0 Å². The molecule has 31 heavy (non-hydrogen) atoms. The number of nitrogens with one attached hydrogen (secondary N) is 1.